The zero-order chi connectivity index (χ0) is 17.8. The number of hydrogen-bond donors (Lipinski definition) is 0. The van der Waals surface area contributed by atoms with Gasteiger partial charge in [0.2, 0.25) is 0 Å². The van der Waals surface area contributed by atoms with Gasteiger partial charge in [0.05, 0.1) is 0 Å². The number of likely N-dealkylation sites (tertiary alicyclic amines) is 1. The molecule has 1 aliphatic rings. The van der Waals surface area contributed by atoms with E-state index in [0.29, 0.717) is 5.92 Å². The monoisotopic (exact) mass is 346 g/mol. The van der Waals surface area contributed by atoms with Gasteiger partial charge in [-0.3, -0.25) is 4.57 Å². The molecule has 3 heterocycles. The lowest BCUT2D eigenvalue weighted by atomic mass is 9.94. The van der Waals surface area contributed by atoms with E-state index in [4.69, 9.17) is 4.98 Å². The summed E-state index contributed by atoms with van der Waals surface area (Å²) >= 11 is 0. The zero-order valence-electron chi connectivity index (χ0n) is 15.4. The first-order valence-electron chi connectivity index (χ1n) is 9.53. The first kappa shape index (κ1) is 17.0. The van der Waals surface area contributed by atoms with Crippen molar-refractivity contribution < 1.29 is 0 Å². The lowest BCUT2D eigenvalue weighted by Gasteiger charge is -2.32. The summed E-state index contributed by atoms with van der Waals surface area (Å²) in [5.41, 5.74) is 2.63. The minimum Gasteiger partial charge on any atom is -0.302 e. The Morgan fingerprint density at radius 2 is 1.96 bits per heavy atom. The lowest BCUT2D eigenvalue weighted by Crippen LogP contribution is -2.36. The number of imidazole rings is 1. The van der Waals surface area contributed by atoms with E-state index in [-0.39, 0.29) is 0 Å². The summed E-state index contributed by atoms with van der Waals surface area (Å²) in [6.07, 6.45) is 7.40. The van der Waals surface area contributed by atoms with E-state index in [9.17, 15) is 0 Å². The maximum absolute atomic E-state index is 4.95. The molecule has 4 rings (SSSR count). The van der Waals surface area contributed by atoms with Crippen LogP contribution in [0.3, 0.4) is 0 Å². The molecule has 0 unspecified atom stereocenters. The first-order chi connectivity index (χ1) is 12.8. The van der Waals surface area contributed by atoms with Gasteiger partial charge in [-0.05, 0) is 50.4 Å². The largest absolute Gasteiger partial charge is 0.302 e. The molecule has 1 aromatic carbocycles. The van der Waals surface area contributed by atoms with Crippen LogP contribution in [0.25, 0.3) is 5.82 Å². The predicted molar refractivity (Wildman–Crippen MR) is 105 cm³/mol. The van der Waals surface area contributed by atoms with Crippen LogP contribution >= 0.6 is 0 Å². The van der Waals surface area contributed by atoms with Crippen LogP contribution in [-0.2, 0) is 6.42 Å². The Morgan fingerprint density at radius 3 is 2.77 bits per heavy atom. The van der Waals surface area contributed by atoms with Crippen molar-refractivity contribution in [2.75, 3.05) is 19.6 Å². The van der Waals surface area contributed by atoms with Gasteiger partial charge in [-0.2, -0.15) is 0 Å². The smallest absolute Gasteiger partial charge is 0.138 e. The van der Waals surface area contributed by atoms with Crippen molar-refractivity contribution in [2.45, 2.75) is 32.1 Å². The minimum absolute atomic E-state index is 0.517. The van der Waals surface area contributed by atoms with Crippen LogP contribution < -0.4 is 0 Å². The van der Waals surface area contributed by atoms with Crippen LogP contribution in [0.2, 0.25) is 0 Å². The van der Waals surface area contributed by atoms with Crippen molar-refractivity contribution in [3.05, 3.63) is 78.0 Å². The lowest BCUT2D eigenvalue weighted by molar-refractivity contribution is 0.208. The van der Waals surface area contributed by atoms with Gasteiger partial charge in [-0.25, -0.2) is 9.97 Å². The van der Waals surface area contributed by atoms with E-state index < -0.39 is 0 Å². The first-order valence-corrected chi connectivity index (χ1v) is 9.53. The summed E-state index contributed by atoms with van der Waals surface area (Å²) in [4.78, 5) is 11.9. The molecule has 2 aromatic heterocycles. The minimum atomic E-state index is 0.517. The number of nitrogens with zero attached hydrogens (tertiary/aromatic N) is 4. The van der Waals surface area contributed by atoms with Crippen molar-refractivity contribution in [3.8, 4) is 5.82 Å². The highest BCUT2D eigenvalue weighted by Gasteiger charge is 2.22. The molecule has 4 nitrogen and oxygen atoms in total. The van der Waals surface area contributed by atoms with Crippen LogP contribution in [-0.4, -0.2) is 39.1 Å². The quantitative estimate of drug-likeness (QED) is 0.700. The van der Waals surface area contributed by atoms with Gasteiger partial charge in [0, 0.05) is 37.1 Å². The highest BCUT2D eigenvalue weighted by Crippen LogP contribution is 2.26. The second-order valence-electron chi connectivity index (χ2n) is 7.14. The van der Waals surface area contributed by atoms with Crippen molar-refractivity contribution in [1.29, 1.82) is 0 Å². The molecule has 26 heavy (non-hydrogen) atoms. The topological polar surface area (TPSA) is 34.0 Å². The summed E-state index contributed by atoms with van der Waals surface area (Å²) in [6, 6.07) is 17.2. The highest BCUT2D eigenvalue weighted by molar-refractivity contribution is 5.28. The Balaban J connectivity index is 1.44. The van der Waals surface area contributed by atoms with Gasteiger partial charge in [0.25, 0.3) is 0 Å². The molecule has 1 fully saturated rings. The van der Waals surface area contributed by atoms with Crippen LogP contribution in [0.15, 0.2) is 60.9 Å². The number of rotatable bonds is 5. The molecule has 0 saturated carbocycles. The molecule has 1 saturated heterocycles. The molecule has 0 radical (unpaired) electrons. The summed E-state index contributed by atoms with van der Waals surface area (Å²) < 4.78 is 2.06. The highest BCUT2D eigenvalue weighted by atomic mass is 15.1. The van der Waals surface area contributed by atoms with E-state index in [1.165, 1.54) is 30.6 Å². The molecule has 1 atom stereocenters. The molecular weight excluding hydrogens is 320 g/mol. The molecule has 0 aliphatic carbocycles. The number of aromatic nitrogens is 3. The number of pyridine rings is 1. The Bertz CT molecular complexity index is 840. The standard InChI is InChI=1S/C22H26N4/c1-18-23-13-16-26(18)22-11-5-10-21(24-22)20-9-6-14-25(17-20)15-12-19-7-3-2-4-8-19/h2-5,7-8,10-11,13,16,20H,6,9,12,14-15,17H2,1H3/t20-/m0/s1. The third kappa shape index (κ3) is 3.86. The van der Waals surface area contributed by atoms with Crippen LogP contribution in [0.4, 0.5) is 0 Å². The van der Waals surface area contributed by atoms with Gasteiger partial charge in [-0.1, -0.05) is 36.4 Å². The molecule has 4 heteroatoms. The predicted octanol–water partition coefficient (Wildman–Crippen LogP) is 4.00. The summed E-state index contributed by atoms with van der Waals surface area (Å²) in [7, 11) is 0. The number of benzene rings is 1. The molecule has 134 valence electrons. The van der Waals surface area contributed by atoms with Gasteiger partial charge in [-0.15, -0.1) is 0 Å². The number of aryl methyl sites for hydroxylation is 1. The number of piperidine rings is 1. The summed E-state index contributed by atoms with van der Waals surface area (Å²) in [5.74, 6) is 2.46. The molecule has 0 spiro atoms. The van der Waals surface area contributed by atoms with Crippen LogP contribution in [0, 0.1) is 6.92 Å². The fourth-order valence-electron chi connectivity index (χ4n) is 3.85. The summed E-state index contributed by atoms with van der Waals surface area (Å²) in [5, 5.41) is 0. The van der Waals surface area contributed by atoms with Crippen LogP contribution in [0.1, 0.15) is 35.8 Å². The van der Waals surface area contributed by atoms with Crippen LogP contribution in [0.5, 0.6) is 0 Å². The fourth-order valence-corrected chi connectivity index (χ4v) is 3.85. The Labute approximate surface area is 155 Å². The third-order valence-electron chi connectivity index (χ3n) is 5.31. The summed E-state index contributed by atoms with van der Waals surface area (Å²) in [6.45, 7) is 5.44. The van der Waals surface area contributed by atoms with E-state index in [2.05, 4.69) is 63.0 Å². The van der Waals surface area contributed by atoms with Gasteiger partial charge in [0.15, 0.2) is 0 Å². The van der Waals surface area contributed by atoms with Crippen molar-refractivity contribution in [2.24, 2.45) is 0 Å². The molecular formula is C22H26N4. The second-order valence-corrected chi connectivity index (χ2v) is 7.14. The molecule has 0 N–H and O–H groups in total. The zero-order valence-corrected chi connectivity index (χ0v) is 15.4. The second kappa shape index (κ2) is 7.83. The van der Waals surface area contributed by atoms with E-state index in [1.807, 2.05) is 19.3 Å². The van der Waals surface area contributed by atoms with Gasteiger partial charge < -0.3 is 4.90 Å². The van der Waals surface area contributed by atoms with E-state index in [0.717, 1.165) is 31.2 Å². The molecule has 0 amide bonds. The maximum atomic E-state index is 4.95. The van der Waals surface area contributed by atoms with Crippen molar-refractivity contribution in [1.82, 2.24) is 19.4 Å². The van der Waals surface area contributed by atoms with Gasteiger partial charge in [0.1, 0.15) is 11.6 Å². The van der Waals surface area contributed by atoms with Crippen molar-refractivity contribution in [3.63, 3.8) is 0 Å². The molecule has 0 bridgehead atoms. The molecule has 1 aliphatic heterocycles. The van der Waals surface area contributed by atoms with Gasteiger partial charge >= 0.3 is 0 Å². The number of hydrogen-bond acceptors (Lipinski definition) is 3. The van der Waals surface area contributed by atoms with E-state index >= 15 is 0 Å². The SMILES string of the molecule is Cc1nccn1-c1cccc([C@H]2CCCN(CCc3ccccc3)C2)n1. The Kier molecular flexibility index (Phi) is 5.12. The normalized spacial score (nSPS) is 18.1. The van der Waals surface area contributed by atoms with Crippen molar-refractivity contribution >= 4 is 0 Å². The average molecular weight is 346 g/mol. The molecule has 3 aromatic rings. The Morgan fingerprint density at radius 1 is 1.08 bits per heavy atom. The van der Waals surface area contributed by atoms with E-state index in [1.54, 1.807) is 0 Å². The fraction of sp³-hybridized carbons (Fsp3) is 0.364. The average Bonchev–Trinajstić information content (AvgIpc) is 3.13. The maximum Gasteiger partial charge on any atom is 0.138 e. The third-order valence-corrected chi connectivity index (χ3v) is 5.31. The Hall–Kier alpha value is -2.46.